The van der Waals surface area contributed by atoms with Crippen LogP contribution in [-0.4, -0.2) is 14.3 Å². The SMILES string of the molecule is Cc1ccc(NS(=O)(=O)c2cc(C(=O)N[C@H](C)c3ccc(C(C)(C)C)cc3)ccc2C)c(C)c1. The van der Waals surface area contributed by atoms with Crippen molar-refractivity contribution in [3.8, 4) is 0 Å². The Morgan fingerprint density at radius 1 is 0.853 bits per heavy atom. The molecule has 180 valence electrons. The van der Waals surface area contributed by atoms with Crippen LogP contribution in [0.4, 0.5) is 5.69 Å². The summed E-state index contributed by atoms with van der Waals surface area (Å²) in [7, 11) is -3.86. The van der Waals surface area contributed by atoms with Crippen molar-refractivity contribution in [2.45, 2.75) is 64.8 Å². The Hall–Kier alpha value is -3.12. The summed E-state index contributed by atoms with van der Waals surface area (Å²) in [6.07, 6.45) is 0. The standard InChI is InChI=1S/C28H34N2O3S/c1-18-8-15-25(20(3)16-18)30-34(32,33)26-17-23(10-9-19(26)2)27(31)29-21(4)22-11-13-24(14-12-22)28(5,6)7/h8-17,21,30H,1-7H3,(H,29,31)/t21-/m1/s1. The number of rotatable bonds is 6. The quantitative estimate of drug-likeness (QED) is 0.443. The van der Waals surface area contributed by atoms with E-state index < -0.39 is 10.0 Å². The summed E-state index contributed by atoms with van der Waals surface area (Å²) in [5.41, 5.74) is 5.53. The second kappa shape index (κ2) is 9.63. The van der Waals surface area contributed by atoms with Gasteiger partial charge in [-0.2, -0.15) is 0 Å². The van der Waals surface area contributed by atoms with Gasteiger partial charge in [0.25, 0.3) is 15.9 Å². The van der Waals surface area contributed by atoms with Crippen molar-refractivity contribution in [3.05, 3.63) is 94.0 Å². The minimum absolute atomic E-state index is 0.0555. The van der Waals surface area contributed by atoms with Crippen LogP contribution in [0, 0.1) is 20.8 Å². The van der Waals surface area contributed by atoms with Crippen molar-refractivity contribution >= 4 is 21.6 Å². The van der Waals surface area contributed by atoms with Gasteiger partial charge in [0.15, 0.2) is 0 Å². The van der Waals surface area contributed by atoms with Gasteiger partial charge in [-0.25, -0.2) is 8.42 Å². The molecule has 3 rings (SSSR count). The van der Waals surface area contributed by atoms with E-state index in [0.717, 1.165) is 16.7 Å². The summed E-state index contributed by atoms with van der Waals surface area (Å²) in [6, 6.07) is 18.2. The first-order valence-corrected chi connectivity index (χ1v) is 12.9. The summed E-state index contributed by atoms with van der Waals surface area (Å²) in [4.78, 5) is 13.1. The van der Waals surface area contributed by atoms with E-state index in [1.165, 1.54) is 11.6 Å². The topological polar surface area (TPSA) is 75.3 Å². The predicted octanol–water partition coefficient (Wildman–Crippen LogP) is 6.20. The summed E-state index contributed by atoms with van der Waals surface area (Å²) in [6.45, 7) is 13.9. The van der Waals surface area contributed by atoms with E-state index in [4.69, 9.17) is 0 Å². The third kappa shape index (κ3) is 5.86. The van der Waals surface area contributed by atoms with Gasteiger partial charge in [-0.15, -0.1) is 0 Å². The lowest BCUT2D eigenvalue weighted by Crippen LogP contribution is -2.27. The van der Waals surface area contributed by atoms with Crippen molar-refractivity contribution in [2.75, 3.05) is 4.72 Å². The van der Waals surface area contributed by atoms with Crippen LogP contribution in [0.1, 0.15) is 71.9 Å². The maximum atomic E-state index is 13.1. The maximum absolute atomic E-state index is 13.1. The molecule has 0 aromatic heterocycles. The molecule has 5 nitrogen and oxygen atoms in total. The Balaban J connectivity index is 1.81. The monoisotopic (exact) mass is 478 g/mol. The minimum Gasteiger partial charge on any atom is -0.346 e. The van der Waals surface area contributed by atoms with E-state index >= 15 is 0 Å². The van der Waals surface area contributed by atoms with E-state index in [1.54, 1.807) is 25.1 Å². The molecular weight excluding hydrogens is 444 g/mol. The van der Waals surface area contributed by atoms with Crippen LogP contribution in [-0.2, 0) is 15.4 Å². The zero-order chi connectivity index (χ0) is 25.3. The third-order valence-electron chi connectivity index (χ3n) is 5.99. The minimum atomic E-state index is -3.86. The molecule has 0 heterocycles. The fourth-order valence-corrected chi connectivity index (χ4v) is 5.20. The Bertz CT molecular complexity index is 1300. The molecule has 0 aliphatic heterocycles. The molecule has 0 spiro atoms. The van der Waals surface area contributed by atoms with Gasteiger partial charge in [0.1, 0.15) is 0 Å². The third-order valence-corrected chi connectivity index (χ3v) is 7.50. The molecule has 0 saturated heterocycles. The largest absolute Gasteiger partial charge is 0.346 e. The fraction of sp³-hybridized carbons (Fsp3) is 0.321. The van der Waals surface area contributed by atoms with Crippen molar-refractivity contribution in [1.29, 1.82) is 0 Å². The average molecular weight is 479 g/mol. The van der Waals surface area contributed by atoms with E-state index in [-0.39, 0.29) is 22.3 Å². The van der Waals surface area contributed by atoms with Crippen LogP contribution < -0.4 is 10.0 Å². The smallest absolute Gasteiger partial charge is 0.262 e. The molecule has 3 aromatic rings. The van der Waals surface area contributed by atoms with Gasteiger partial charge >= 0.3 is 0 Å². The first kappa shape index (κ1) is 25.5. The van der Waals surface area contributed by atoms with E-state index in [1.807, 2.05) is 45.0 Å². The number of hydrogen-bond acceptors (Lipinski definition) is 3. The molecule has 1 amide bonds. The van der Waals surface area contributed by atoms with Crippen LogP contribution >= 0.6 is 0 Å². The summed E-state index contributed by atoms with van der Waals surface area (Å²) in [5.74, 6) is -0.324. The van der Waals surface area contributed by atoms with Crippen molar-refractivity contribution in [1.82, 2.24) is 5.32 Å². The van der Waals surface area contributed by atoms with Gasteiger partial charge in [0.05, 0.1) is 16.6 Å². The average Bonchev–Trinajstić information content (AvgIpc) is 2.75. The number of amides is 1. The van der Waals surface area contributed by atoms with Crippen LogP contribution in [0.2, 0.25) is 0 Å². The fourth-order valence-electron chi connectivity index (χ4n) is 3.79. The van der Waals surface area contributed by atoms with E-state index in [0.29, 0.717) is 16.8 Å². The maximum Gasteiger partial charge on any atom is 0.262 e. The molecule has 0 aliphatic carbocycles. The number of hydrogen-bond donors (Lipinski definition) is 2. The first-order chi connectivity index (χ1) is 15.8. The molecule has 0 unspecified atom stereocenters. The molecule has 3 aromatic carbocycles. The normalized spacial score (nSPS) is 12.8. The number of carbonyl (C=O) groups is 1. The molecule has 2 N–H and O–H groups in total. The number of aryl methyl sites for hydroxylation is 3. The second-order valence-corrected chi connectivity index (χ2v) is 11.6. The van der Waals surface area contributed by atoms with E-state index in [9.17, 15) is 13.2 Å². The highest BCUT2D eigenvalue weighted by Crippen LogP contribution is 2.26. The Morgan fingerprint density at radius 3 is 2.09 bits per heavy atom. The summed E-state index contributed by atoms with van der Waals surface area (Å²) < 4.78 is 29.0. The number of anilines is 1. The first-order valence-electron chi connectivity index (χ1n) is 11.4. The lowest BCUT2D eigenvalue weighted by Gasteiger charge is -2.21. The molecule has 1 atom stereocenters. The van der Waals surface area contributed by atoms with E-state index in [2.05, 4.69) is 42.9 Å². The molecule has 0 fully saturated rings. The number of nitrogens with one attached hydrogen (secondary N) is 2. The molecule has 0 bridgehead atoms. The van der Waals surface area contributed by atoms with Gasteiger partial charge in [-0.05, 0) is 73.6 Å². The summed E-state index contributed by atoms with van der Waals surface area (Å²) in [5, 5.41) is 2.98. The molecular formula is C28H34N2O3S. The van der Waals surface area contributed by atoms with Crippen LogP contribution in [0.25, 0.3) is 0 Å². The van der Waals surface area contributed by atoms with Gasteiger partial charge in [-0.1, -0.05) is 68.8 Å². The number of carbonyl (C=O) groups excluding carboxylic acids is 1. The highest BCUT2D eigenvalue weighted by Gasteiger charge is 2.21. The van der Waals surface area contributed by atoms with Gasteiger partial charge < -0.3 is 5.32 Å². The van der Waals surface area contributed by atoms with Crippen LogP contribution in [0.15, 0.2) is 65.6 Å². The van der Waals surface area contributed by atoms with Crippen molar-refractivity contribution < 1.29 is 13.2 Å². The van der Waals surface area contributed by atoms with Crippen molar-refractivity contribution in [2.24, 2.45) is 0 Å². The van der Waals surface area contributed by atoms with Gasteiger partial charge in [0, 0.05) is 5.56 Å². The molecule has 6 heteroatoms. The van der Waals surface area contributed by atoms with Crippen LogP contribution in [0.3, 0.4) is 0 Å². The number of sulfonamides is 1. The Kier molecular flexibility index (Phi) is 7.22. The molecule has 0 aliphatic rings. The number of benzene rings is 3. The zero-order valence-corrected chi connectivity index (χ0v) is 21.8. The van der Waals surface area contributed by atoms with Crippen molar-refractivity contribution in [3.63, 3.8) is 0 Å². The summed E-state index contributed by atoms with van der Waals surface area (Å²) >= 11 is 0. The highest BCUT2D eigenvalue weighted by atomic mass is 32.2. The Morgan fingerprint density at radius 2 is 1.50 bits per heavy atom. The zero-order valence-electron chi connectivity index (χ0n) is 21.0. The lowest BCUT2D eigenvalue weighted by atomic mass is 9.86. The predicted molar refractivity (Wildman–Crippen MR) is 139 cm³/mol. The molecule has 34 heavy (non-hydrogen) atoms. The van der Waals surface area contributed by atoms with Gasteiger partial charge in [0.2, 0.25) is 0 Å². The van der Waals surface area contributed by atoms with Crippen LogP contribution in [0.5, 0.6) is 0 Å². The van der Waals surface area contributed by atoms with Gasteiger partial charge in [-0.3, -0.25) is 9.52 Å². The second-order valence-electron chi connectivity index (χ2n) is 9.97. The lowest BCUT2D eigenvalue weighted by molar-refractivity contribution is 0.0939. The molecule has 0 radical (unpaired) electrons. The Labute approximate surface area is 203 Å². The molecule has 0 saturated carbocycles. The highest BCUT2D eigenvalue weighted by molar-refractivity contribution is 7.92.